The number of para-hydroxylation sites is 2. The minimum absolute atomic E-state index is 0.141. The number of aromatic nitrogens is 2. The predicted molar refractivity (Wildman–Crippen MR) is 100 cm³/mol. The van der Waals surface area contributed by atoms with Gasteiger partial charge in [-0.1, -0.05) is 48.0 Å². The third-order valence-electron chi connectivity index (χ3n) is 4.82. The van der Waals surface area contributed by atoms with Gasteiger partial charge in [0.25, 0.3) is 0 Å². The van der Waals surface area contributed by atoms with Gasteiger partial charge in [-0.3, -0.25) is 4.79 Å². The highest BCUT2D eigenvalue weighted by atomic mass is 16.2. The second-order valence-corrected chi connectivity index (χ2v) is 6.55. The van der Waals surface area contributed by atoms with Crippen molar-refractivity contribution in [3.8, 4) is 0 Å². The van der Waals surface area contributed by atoms with Crippen LogP contribution in [0.5, 0.6) is 0 Å². The summed E-state index contributed by atoms with van der Waals surface area (Å²) in [7, 11) is 0. The Morgan fingerprint density at radius 1 is 1.12 bits per heavy atom. The number of aryl methyl sites for hydroxylation is 1. The zero-order valence-electron chi connectivity index (χ0n) is 14.4. The minimum atomic E-state index is 0.141. The number of rotatable bonds is 3. The molecular weight excluding hydrogens is 310 g/mol. The molecule has 0 N–H and O–H groups in total. The average Bonchev–Trinajstić information content (AvgIpc) is 3.06. The number of nitrogens with zero attached hydrogens (tertiary/aromatic N) is 3. The van der Waals surface area contributed by atoms with Crippen LogP contribution in [0.2, 0.25) is 0 Å². The van der Waals surface area contributed by atoms with Crippen molar-refractivity contribution in [2.24, 2.45) is 0 Å². The van der Waals surface area contributed by atoms with Gasteiger partial charge in [0, 0.05) is 13.1 Å². The van der Waals surface area contributed by atoms with Gasteiger partial charge < -0.3 is 9.47 Å². The molecule has 0 unspecified atom stereocenters. The van der Waals surface area contributed by atoms with E-state index >= 15 is 0 Å². The smallest absolute Gasteiger partial charge is 0.242 e. The molecule has 126 valence electrons. The molecule has 25 heavy (non-hydrogen) atoms. The van der Waals surface area contributed by atoms with Crippen molar-refractivity contribution < 1.29 is 4.79 Å². The number of amides is 1. The van der Waals surface area contributed by atoms with Gasteiger partial charge in [0.05, 0.1) is 17.4 Å². The molecule has 0 radical (unpaired) electrons. The van der Waals surface area contributed by atoms with Crippen LogP contribution in [-0.2, 0) is 11.3 Å². The van der Waals surface area contributed by atoms with E-state index in [1.54, 1.807) is 6.33 Å². The lowest BCUT2D eigenvalue weighted by Crippen LogP contribution is -2.36. The molecule has 0 spiro atoms. The Morgan fingerprint density at radius 2 is 1.92 bits per heavy atom. The SMILES string of the molecule is Cc1ccc(C2=CCN(C(=O)Cn3cnc4ccccc43)CC2)cc1. The summed E-state index contributed by atoms with van der Waals surface area (Å²) in [4.78, 5) is 18.9. The van der Waals surface area contributed by atoms with Crippen LogP contribution < -0.4 is 0 Å². The highest BCUT2D eigenvalue weighted by Gasteiger charge is 2.18. The standard InChI is InChI=1S/C21H21N3O/c1-16-6-8-17(9-7-16)18-10-12-23(13-11-18)21(25)14-24-15-22-19-4-2-3-5-20(19)24/h2-10,15H,11-14H2,1H3. The number of hydrogen-bond donors (Lipinski definition) is 0. The van der Waals surface area contributed by atoms with Crippen molar-refractivity contribution in [1.29, 1.82) is 0 Å². The van der Waals surface area contributed by atoms with E-state index in [1.807, 2.05) is 33.7 Å². The first-order chi connectivity index (χ1) is 12.2. The van der Waals surface area contributed by atoms with Crippen molar-refractivity contribution in [2.45, 2.75) is 19.9 Å². The molecule has 1 aliphatic rings. The summed E-state index contributed by atoms with van der Waals surface area (Å²) >= 11 is 0. The largest absolute Gasteiger partial charge is 0.337 e. The fourth-order valence-electron chi connectivity index (χ4n) is 3.31. The summed E-state index contributed by atoms with van der Waals surface area (Å²) in [5.41, 5.74) is 5.79. The van der Waals surface area contributed by atoms with Crippen LogP contribution in [0.4, 0.5) is 0 Å². The summed E-state index contributed by atoms with van der Waals surface area (Å²) in [6, 6.07) is 16.5. The maximum Gasteiger partial charge on any atom is 0.242 e. The highest BCUT2D eigenvalue weighted by Crippen LogP contribution is 2.23. The lowest BCUT2D eigenvalue weighted by molar-refractivity contribution is -0.131. The molecule has 4 heteroatoms. The second kappa shape index (κ2) is 6.55. The summed E-state index contributed by atoms with van der Waals surface area (Å²) in [6.07, 6.45) is 4.83. The molecule has 1 aliphatic heterocycles. The van der Waals surface area contributed by atoms with E-state index in [2.05, 4.69) is 42.2 Å². The van der Waals surface area contributed by atoms with E-state index in [9.17, 15) is 4.79 Å². The van der Waals surface area contributed by atoms with Crippen molar-refractivity contribution in [3.05, 3.63) is 72.1 Å². The lowest BCUT2D eigenvalue weighted by Gasteiger charge is -2.27. The molecule has 0 saturated heterocycles. The second-order valence-electron chi connectivity index (χ2n) is 6.55. The van der Waals surface area contributed by atoms with Crippen molar-refractivity contribution in [2.75, 3.05) is 13.1 Å². The molecular formula is C21H21N3O. The molecule has 0 bridgehead atoms. The Kier molecular flexibility index (Phi) is 4.10. The Labute approximate surface area is 147 Å². The molecule has 3 aromatic rings. The van der Waals surface area contributed by atoms with E-state index in [0.29, 0.717) is 13.1 Å². The molecule has 2 aromatic carbocycles. The van der Waals surface area contributed by atoms with E-state index in [0.717, 1.165) is 24.0 Å². The van der Waals surface area contributed by atoms with Gasteiger partial charge in [-0.25, -0.2) is 4.98 Å². The van der Waals surface area contributed by atoms with Crippen molar-refractivity contribution in [3.63, 3.8) is 0 Å². The number of carbonyl (C=O) groups is 1. The van der Waals surface area contributed by atoms with Crippen LogP contribution in [0.1, 0.15) is 17.5 Å². The summed E-state index contributed by atoms with van der Waals surface area (Å²) in [6.45, 7) is 3.88. The van der Waals surface area contributed by atoms with Crippen LogP contribution in [0.3, 0.4) is 0 Å². The van der Waals surface area contributed by atoms with Crippen LogP contribution >= 0.6 is 0 Å². The number of fused-ring (bicyclic) bond motifs is 1. The fourth-order valence-corrected chi connectivity index (χ4v) is 3.31. The number of hydrogen-bond acceptors (Lipinski definition) is 2. The van der Waals surface area contributed by atoms with E-state index in [4.69, 9.17) is 0 Å². The number of imidazole rings is 1. The Balaban J connectivity index is 1.45. The summed E-state index contributed by atoms with van der Waals surface area (Å²) in [5.74, 6) is 0.141. The topological polar surface area (TPSA) is 38.1 Å². The third-order valence-corrected chi connectivity index (χ3v) is 4.82. The monoisotopic (exact) mass is 331 g/mol. The average molecular weight is 331 g/mol. The van der Waals surface area contributed by atoms with Gasteiger partial charge in [0.15, 0.2) is 0 Å². The predicted octanol–water partition coefficient (Wildman–Crippen LogP) is 3.66. The maximum absolute atomic E-state index is 12.6. The first-order valence-electron chi connectivity index (χ1n) is 8.64. The molecule has 0 saturated carbocycles. The quantitative estimate of drug-likeness (QED) is 0.734. The molecule has 4 nitrogen and oxygen atoms in total. The molecule has 0 aliphatic carbocycles. The zero-order chi connectivity index (χ0) is 17.2. The Hall–Kier alpha value is -2.88. The van der Waals surface area contributed by atoms with E-state index in [1.165, 1.54) is 16.7 Å². The van der Waals surface area contributed by atoms with E-state index < -0.39 is 0 Å². The van der Waals surface area contributed by atoms with Gasteiger partial charge in [-0.05, 0) is 36.6 Å². The normalized spacial score (nSPS) is 14.6. The van der Waals surface area contributed by atoms with Crippen LogP contribution in [0.15, 0.2) is 60.9 Å². The van der Waals surface area contributed by atoms with Crippen molar-refractivity contribution in [1.82, 2.24) is 14.5 Å². The van der Waals surface area contributed by atoms with Gasteiger partial charge in [-0.2, -0.15) is 0 Å². The maximum atomic E-state index is 12.6. The van der Waals surface area contributed by atoms with Gasteiger partial charge >= 0.3 is 0 Å². The molecule has 4 rings (SSSR count). The highest BCUT2D eigenvalue weighted by molar-refractivity contribution is 5.81. The molecule has 0 fully saturated rings. The number of carbonyl (C=O) groups excluding carboxylic acids is 1. The molecule has 0 atom stereocenters. The summed E-state index contributed by atoms with van der Waals surface area (Å²) < 4.78 is 1.93. The molecule has 1 amide bonds. The van der Waals surface area contributed by atoms with Crippen LogP contribution in [0.25, 0.3) is 16.6 Å². The minimum Gasteiger partial charge on any atom is -0.337 e. The number of benzene rings is 2. The zero-order valence-corrected chi connectivity index (χ0v) is 14.4. The van der Waals surface area contributed by atoms with Gasteiger partial charge in [0.1, 0.15) is 6.54 Å². The van der Waals surface area contributed by atoms with E-state index in [-0.39, 0.29) is 5.91 Å². The van der Waals surface area contributed by atoms with Crippen LogP contribution in [-0.4, -0.2) is 33.4 Å². The first kappa shape index (κ1) is 15.6. The Bertz CT molecular complexity index is 937. The molecule has 1 aromatic heterocycles. The third kappa shape index (κ3) is 3.20. The van der Waals surface area contributed by atoms with Gasteiger partial charge in [-0.15, -0.1) is 0 Å². The first-order valence-corrected chi connectivity index (χ1v) is 8.64. The summed E-state index contributed by atoms with van der Waals surface area (Å²) in [5, 5.41) is 0. The lowest BCUT2D eigenvalue weighted by atomic mass is 9.98. The molecule has 2 heterocycles. The van der Waals surface area contributed by atoms with Crippen molar-refractivity contribution >= 4 is 22.5 Å². The van der Waals surface area contributed by atoms with Gasteiger partial charge in [0.2, 0.25) is 5.91 Å². The Morgan fingerprint density at radius 3 is 2.68 bits per heavy atom. The fraction of sp³-hybridized carbons (Fsp3) is 0.238. The van der Waals surface area contributed by atoms with Crippen LogP contribution in [0, 0.1) is 6.92 Å².